The van der Waals surface area contributed by atoms with Gasteiger partial charge < -0.3 is 15.2 Å². The maximum atomic E-state index is 14.4. The smallest absolute Gasteiger partial charge is 0.129 e. The van der Waals surface area contributed by atoms with Crippen molar-refractivity contribution in [1.82, 2.24) is 14.4 Å². The van der Waals surface area contributed by atoms with E-state index in [-0.39, 0.29) is 0 Å². The summed E-state index contributed by atoms with van der Waals surface area (Å²) in [4.78, 5) is 4.93. The Morgan fingerprint density at radius 3 is 2.51 bits per heavy atom. The lowest BCUT2D eigenvalue weighted by atomic mass is 9.93. The molecule has 0 radical (unpaired) electrons. The van der Waals surface area contributed by atoms with Crippen LogP contribution in [0.5, 0.6) is 0 Å². The van der Waals surface area contributed by atoms with Gasteiger partial charge in [0.15, 0.2) is 0 Å². The Bertz CT molecular complexity index is 1230. The summed E-state index contributed by atoms with van der Waals surface area (Å²) in [6.07, 6.45) is 5.96. The number of nitrogens with zero attached hydrogens (tertiary/aromatic N) is 3. The summed E-state index contributed by atoms with van der Waals surface area (Å²) in [5, 5.41) is 0. The van der Waals surface area contributed by atoms with E-state index in [2.05, 4.69) is 54.6 Å². The molecule has 4 nitrogen and oxygen atoms in total. The molecule has 1 fully saturated rings. The van der Waals surface area contributed by atoms with Gasteiger partial charge >= 0.3 is 0 Å². The highest BCUT2D eigenvalue weighted by Gasteiger charge is 2.17. The average Bonchev–Trinajstić information content (AvgIpc) is 2.94. The van der Waals surface area contributed by atoms with Crippen LogP contribution in [0.1, 0.15) is 35.7 Å². The Balaban J connectivity index is 1.63. The Hall–Kier alpha value is -2.96. The first-order valence-electron chi connectivity index (χ1n) is 12.3. The van der Waals surface area contributed by atoms with Gasteiger partial charge in [0.05, 0.1) is 0 Å². The minimum absolute atomic E-state index is 0.365. The third-order valence-corrected chi connectivity index (χ3v) is 6.98. The zero-order valence-electron chi connectivity index (χ0n) is 21.2. The van der Waals surface area contributed by atoms with E-state index in [9.17, 15) is 8.78 Å². The van der Waals surface area contributed by atoms with Gasteiger partial charge in [0.25, 0.3) is 0 Å². The van der Waals surface area contributed by atoms with Crippen LogP contribution < -0.4 is 5.73 Å². The van der Waals surface area contributed by atoms with Crippen molar-refractivity contribution in [2.75, 3.05) is 45.5 Å². The van der Waals surface area contributed by atoms with Crippen molar-refractivity contribution in [1.29, 1.82) is 0 Å². The van der Waals surface area contributed by atoms with Crippen molar-refractivity contribution in [3.63, 3.8) is 0 Å². The number of likely N-dealkylation sites (N-methyl/N-ethyl adjacent to an activating group) is 1. The fourth-order valence-electron chi connectivity index (χ4n) is 5.00. The highest BCUT2D eigenvalue weighted by Crippen LogP contribution is 2.34. The Labute approximate surface area is 207 Å². The van der Waals surface area contributed by atoms with Gasteiger partial charge in [-0.1, -0.05) is 17.7 Å². The molecule has 35 heavy (non-hydrogen) atoms. The van der Waals surface area contributed by atoms with Crippen LogP contribution in [0, 0.1) is 18.6 Å². The molecule has 0 bridgehead atoms. The monoisotopic (exact) mass is 478 g/mol. The minimum Gasteiger partial charge on any atom is -0.399 e. The van der Waals surface area contributed by atoms with Gasteiger partial charge in [-0.05, 0) is 86.9 Å². The van der Waals surface area contributed by atoms with Gasteiger partial charge in [-0.3, -0.25) is 4.90 Å². The SMILES string of the molecule is C/C(=C\c1c(C)c(-c2cc(N)ccc2Cc2ccc(F)cc2F)cn1C)CN1CCCN(C)CC1. The molecule has 1 aliphatic heterocycles. The molecule has 0 spiro atoms. The summed E-state index contributed by atoms with van der Waals surface area (Å²) in [5.41, 5.74) is 13.9. The highest BCUT2D eigenvalue weighted by molar-refractivity contribution is 5.77. The van der Waals surface area contributed by atoms with E-state index in [1.807, 2.05) is 18.2 Å². The van der Waals surface area contributed by atoms with Crippen molar-refractivity contribution in [3.8, 4) is 11.1 Å². The van der Waals surface area contributed by atoms with Crippen LogP contribution in [0.2, 0.25) is 0 Å². The molecule has 1 aliphatic rings. The normalized spacial score (nSPS) is 16.0. The zero-order chi connectivity index (χ0) is 25.1. The van der Waals surface area contributed by atoms with Crippen LogP contribution in [0.4, 0.5) is 14.5 Å². The number of halogens is 2. The van der Waals surface area contributed by atoms with Gasteiger partial charge in [-0.15, -0.1) is 0 Å². The van der Waals surface area contributed by atoms with Crippen molar-refractivity contribution < 1.29 is 8.78 Å². The fourth-order valence-corrected chi connectivity index (χ4v) is 5.00. The second kappa shape index (κ2) is 10.8. The lowest BCUT2D eigenvalue weighted by molar-refractivity contribution is 0.295. The number of hydrogen-bond acceptors (Lipinski definition) is 3. The summed E-state index contributed by atoms with van der Waals surface area (Å²) in [6.45, 7) is 9.76. The van der Waals surface area contributed by atoms with E-state index >= 15 is 0 Å². The van der Waals surface area contributed by atoms with Gasteiger partial charge in [-0.2, -0.15) is 0 Å². The maximum Gasteiger partial charge on any atom is 0.129 e. The number of hydrogen-bond donors (Lipinski definition) is 1. The number of nitrogens with two attached hydrogens (primary N) is 1. The number of nitrogen functional groups attached to an aromatic ring is 1. The standard InChI is InChI=1S/C29H36F2N4/c1-20(18-35-11-5-10-33(3)12-13-35)14-29-21(2)27(19-34(29)4)26-17-25(32)9-7-22(26)15-23-6-8-24(30)16-28(23)31/h6-9,14,16-17,19H,5,10-13,15,18,32H2,1-4H3/b20-14+. The summed E-state index contributed by atoms with van der Waals surface area (Å²) in [5.74, 6) is -1.10. The third-order valence-electron chi connectivity index (χ3n) is 6.98. The number of benzene rings is 2. The van der Waals surface area contributed by atoms with E-state index < -0.39 is 11.6 Å². The molecule has 1 saturated heterocycles. The van der Waals surface area contributed by atoms with Gasteiger partial charge in [0.2, 0.25) is 0 Å². The van der Waals surface area contributed by atoms with Gasteiger partial charge in [0, 0.05) is 62.3 Å². The highest BCUT2D eigenvalue weighted by atomic mass is 19.1. The molecular weight excluding hydrogens is 442 g/mol. The van der Waals surface area contributed by atoms with Gasteiger partial charge in [0.1, 0.15) is 11.6 Å². The van der Waals surface area contributed by atoms with Gasteiger partial charge in [-0.25, -0.2) is 8.78 Å². The van der Waals surface area contributed by atoms with Crippen LogP contribution in [0.15, 0.2) is 48.2 Å². The number of aryl methyl sites for hydroxylation is 1. The molecule has 3 aromatic rings. The van der Waals surface area contributed by atoms with Crippen LogP contribution >= 0.6 is 0 Å². The van der Waals surface area contributed by atoms with E-state index in [0.29, 0.717) is 17.7 Å². The predicted octanol–water partition coefficient (Wildman–Crippen LogP) is 5.49. The molecule has 1 aromatic heterocycles. The Kier molecular flexibility index (Phi) is 7.72. The fraction of sp³-hybridized carbons (Fsp3) is 0.379. The first-order chi connectivity index (χ1) is 16.7. The summed E-state index contributed by atoms with van der Waals surface area (Å²) < 4.78 is 29.9. The van der Waals surface area contributed by atoms with Crippen LogP contribution in [0.3, 0.4) is 0 Å². The van der Waals surface area contributed by atoms with Crippen molar-refractivity contribution in [2.45, 2.75) is 26.7 Å². The van der Waals surface area contributed by atoms with E-state index in [0.717, 1.165) is 66.7 Å². The van der Waals surface area contributed by atoms with Crippen LogP contribution in [0.25, 0.3) is 17.2 Å². The lowest BCUT2D eigenvalue weighted by Gasteiger charge is -2.20. The molecule has 2 heterocycles. The molecule has 0 saturated carbocycles. The van der Waals surface area contributed by atoms with E-state index in [4.69, 9.17) is 5.73 Å². The third kappa shape index (κ3) is 6.00. The number of aromatic nitrogens is 1. The summed E-state index contributed by atoms with van der Waals surface area (Å²) in [6, 6.07) is 9.48. The minimum atomic E-state index is -0.568. The lowest BCUT2D eigenvalue weighted by Crippen LogP contribution is -2.30. The summed E-state index contributed by atoms with van der Waals surface area (Å²) in [7, 11) is 4.25. The predicted molar refractivity (Wildman–Crippen MR) is 141 cm³/mol. The second-order valence-corrected chi connectivity index (χ2v) is 9.92. The van der Waals surface area contributed by atoms with Crippen LogP contribution in [-0.4, -0.2) is 54.1 Å². The molecular formula is C29H36F2N4. The molecule has 2 N–H and O–H groups in total. The molecule has 4 rings (SSSR count). The maximum absolute atomic E-state index is 14.4. The Morgan fingerprint density at radius 1 is 0.971 bits per heavy atom. The van der Waals surface area contributed by atoms with Crippen molar-refractivity contribution in [2.24, 2.45) is 7.05 Å². The van der Waals surface area contributed by atoms with Crippen molar-refractivity contribution in [3.05, 3.63) is 82.2 Å². The molecule has 0 aliphatic carbocycles. The van der Waals surface area contributed by atoms with E-state index in [1.54, 1.807) is 0 Å². The second-order valence-electron chi connectivity index (χ2n) is 9.92. The number of rotatable bonds is 6. The zero-order valence-corrected chi connectivity index (χ0v) is 21.2. The quantitative estimate of drug-likeness (QED) is 0.476. The van der Waals surface area contributed by atoms with Crippen molar-refractivity contribution >= 4 is 11.8 Å². The largest absolute Gasteiger partial charge is 0.399 e. The molecule has 2 aromatic carbocycles. The average molecular weight is 479 g/mol. The first kappa shape index (κ1) is 25.1. The van der Waals surface area contributed by atoms with Crippen LogP contribution in [-0.2, 0) is 13.5 Å². The molecule has 186 valence electrons. The molecule has 0 amide bonds. The molecule has 0 unspecified atom stereocenters. The Morgan fingerprint density at radius 2 is 1.74 bits per heavy atom. The van der Waals surface area contributed by atoms with E-state index in [1.165, 1.54) is 24.1 Å². The topological polar surface area (TPSA) is 37.4 Å². The number of anilines is 1. The summed E-state index contributed by atoms with van der Waals surface area (Å²) >= 11 is 0. The first-order valence-corrected chi connectivity index (χ1v) is 12.3. The molecule has 6 heteroatoms. The molecule has 0 atom stereocenters.